The van der Waals surface area contributed by atoms with E-state index in [0.29, 0.717) is 18.3 Å². The van der Waals surface area contributed by atoms with Crippen LogP contribution in [-0.2, 0) is 13.1 Å². The average Bonchev–Trinajstić information content (AvgIpc) is 2.77. The lowest BCUT2D eigenvalue weighted by Crippen LogP contribution is -2.12. The lowest BCUT2D eigenvalue weighted by molar-refractivity contribution is 0.603. The molecule has 0 radical (unpaired) electrons. The molecule has 20 heavy (non-hydrogen) atoms. The maximum absolute atomic E-state index is 12.8. The third-order valence-electron chi connectivity index (χ3n) is 3.19. The van der Waals surface area contributed by atoms with Gasteiger partial charge in [-0.2, -0.15) is 0 Å². The Hall–Kier alpha value is -1.84. The predicted octanol–water partition coefficient (Wildman–Crippen LogP) is 4.52. The molecule has 1 heterocycles. The first-order chi connectivity index (χ1) is 9.74. The first-order valence-electron chi connectivity index (χ1n) is 6.35. The van der Waals surface area contributed by atoms with Gasteiger partial charge in [0.2, 0.25) is 0 Å². The smallest absolute Gasteiger partial charge is 0.199 e. The second kappa shape index (κ2) is 5.65. The van der Waals surface area contributed by atoms with Crippen molar-refractivity contribution in [2.24, 2.45) is 0 Å². The molecule has 3 aromatic rings. The van der Waals surface area contributed by atoms with Gasteiger partial charge in [-0.3, -0.25) is 0 Å². The topological polar surface area (TPSA) is 25.2 Å². The van der Waals surface area contributed by atoms with Gasteiger partial charge in [-0.05, 0) is 35.4 Å². The van der Waals surface area contributed by atoms with E-state index in [1.54, 1.807) is 12.1 Å². The highest BCUT2D eigenvalue weighted by atomic mass is 35.5. The van der Waals surface area contributed by atoms with Crippen molar-refractivity contribution in [3.63, 3.8) is 0 Å². The zero-order valence-corrected chi connectivity index (χ0v) is 11.5. The first kappa shape index (κ1) is 13.2. The molecule has 4 heteroatoms. The number of rotatable bonds is 4. The highest BCUT2D eigenvalue weighted by molar-refractivity contribution is 6.30. The Bertz CT molecular complexity index is 721. The summed E-state index contributed by atoms with van der Waals surface area (Å²) >= 11 is 6.11. The van der Waals surface area contributed by atoms with Crippen molar-refractivity contribution < 1.29 is 8.81 Å². The summed E-state index contributed by atoms with van der Waals surface area (Å²) < 4.78 is 18.3. The molecule has 0 atom stereocenters. The van der Waals surface area contributed by atoms with Crippen LogP contribution in [0.1, 0.15) is 11.1 Å². The molecule has 1 N–H and O–H groups in total. The molecule has 0 bridgehead atoms. The molecule has 2 aromatic carbocycles. The normalized spacial score (nSPS) is 11.1. The minimum Gasteiger partial charge on any atom is -0.444 e. The van der Waals surface area contributed by atoms with Crippen molar-refractivity contribution in [1.29, 1.82) is 0 Å². The van der Waals surface area contributed by atoms with E-state index in [0.717, 1.165) is 22.1 Å². The molecule has 0 saturated carbocycles. The van der Waals surface area contributed by atoms with Crippen LogP contribution >= 0.6 is 11.6 Å². The van der Waals surface area contributed by atoms with Gasteiger partial charge in [-0.1, -0.05) is 30.3 Å². The molecule has 0 unspecified atom stereocenters. The Morgan fingerprint density at radius 1 is 1.00 bits per heavy atom. The van der Waals surface area contributed by atoms with Crippen LogP contribution in [0.15, 0.2) is 52.9 Å². The maximum Gasteiger partial charge on any atom is 0.199 e. The van der Waals surface area contributed by atoms with Crippen LogP contribution in [0.25, 0.3) is 11.0 Å². The molecule has 0 amide bonds. The minimum absolute atomic E-state index is 0.224. The van der Waals surface area contributed by atoms with Crippen molar-refractivity contribution in [1.82, 2.24) is 5.32 Å². The summed E-state index contributed by atoms with van der Waals surface area (Å²) in [5.74, 6) is -0.224. The van der Waals surface area contributed by atoms with Crippen LogP contribution < -0.4 is 5.32 Å². The van der Waals surface area contributed by atoms with Gasteiger partial charge in [0, 0.05) is 24.0 Å². The van der Waals surface area contributed by atoms with Gasteiger partial charge >= 0.3 is 0 Å². The van der Waals surface area contributed by atoms with Crippen molar-refractivity contribution in [2.75, 3.05) is 0 Å². The number of hydrogen-bond donors (Lipinski definition) is 1. The summed E-state index contributed by atoms with van der Waals surface area (Å²) in [6.07, 6.45) is 0. The zero-order chi connectivity index (χ0) is 13.9. The third-order valence-corrected chi connectivity index (χ3v) is 3.50. The van der Waals surface area contributed by atoms with E-state index in [9.17, 15) is 4.39 Å². The van der Waals surface area contributed by atoms with E-state index in [2.05, 4.69) is 5.32 Å². The molecule has 3 rings (SSSR count). The number of nitrogens with one attached hydrogen (secondary N) is 1. The van der Waals surface area contributed by atoms with E-state index < -0.39 is 0 Å². The fourth-order valence-corrected chi connectivity index (χ4v) is 2.42. The van der Waals surface area contributed by atoms with Crippen LogP contribution in [0.5, 0.6) is 0 Å². The molecule has 0 aliphatic carbocycles. The number of hydrogen-bond acceptors (Lipinski definition) is 2. The highest BCUT2D eigenvalue weighted by Gasteiger charge is 2.11. The molecular weight excluding hydrogens is 277 g/mol. The van der Waals surface area contributed by atoms with Crippen LogP contribution in [0, 0.1) is 5.82 Å². The Balaban J connectivity index is 1.71. The quantitative estimate of drug-likeness (QED) is 0.764. The van der Waals surface area contributed by atoms with E-state index in [-0.39, 0.29) is 5.82 Å². The third kappa shape index (κ3) is 2.69. The van der Waals surface area contributed by atoms with Crippen molar-refractivity contribution in [3.05, 3.63) is 70.7 Å². The van der Waals surface area contributed by atoms with E-state index in [1.165, 1.54) is 12.1 Å². The minimum atomic E-state index is -0.224. The van der Waals surface area contributed by atoms with E-state index in [1.807, 2.05) is 24.3 Å². The Morgan fingerprint density at radius 3 is 2.55 bits per heavy atom. The summed E-state index contributed by atoms with van der Waals surface area (Å²) in [4.78, 5) is 0. The molecule has 102 valence electrons. The Labute approximate surface area is 121 Å². The van der Waals surface area contributed by atoms with Crippen molar-refractivity contribution in [2.45, 2.75) is 13.1 Å². The Kier molecular flexibility index (Phi) is 3.72. The molecule has 0 aliphatic heterocycles. The molecule has 0 spiro atoms. The molecular formula is C16H13ClFNO. The fraction of sp³-hybridized carbons (Fsp3) is 0.125. The number of benzene rings is 2. The van der Waals surface area contributed by atoms with Gasteiger partial charge in [0.15, 0.2) is 5.22 Å². The second-order valence-corrected chi connectivity index (χ2v) is 4.92. The van der Waals surface area contributed by atoms with Gasteiger partial charge in [-0.25, -0.2) is 4.39 Å². The van der Waals surface area contributed by atoms with Crippen LogP contribution in [0.2, 0.25) is 5.22 Å². The van der Waals surface area contributed by atoms with Crippen molar-refractivity contribution in [3.8, 4) is 0 Å². The first-order valence-corrected chi connectivity index (χ1v) is 6.73. The fourth-order valence-electron chi connectivity index (χ4n) is 2.17. The van der Waals surface area contributed by atoms with Crippen LogP contribution in [-0.4, -0.2) is 0 Å². The van der Waals surface area contributed by atoms with Gasteiger partial charge in [0.1, 0.15) is 11.4 Å². The SMILES string of the molecule is Fc1ccc(CNCc2c(Cl)oc3ccccc23)cc1. The van der Waals surface area contributed by atoms with E-state index >= 15 is 0 Å². The predicted molar refractivity (Wildman–Crippen MR) is 78.2 cm³/mol. The number of fused-ring (bicyclic) bond motifs is 1. The number of furan rings is 1. The lowest BCUT2D eigenvalue weighted by atomic mass is 10.1. The monoisotopic (exact) mass is 289 g/mol. The van der Waals surface area contributed by atoms with Gasteiger partial charge in [0.25, 0.3) is 0 Å². The summed E-state index contributed by atoms with van der Waals surface area (Å²) in [5.41, 5.74) is 2.76. The molecule has 0 fully saturated rings. The summed E-state index contributed by atoms with van der Waals surface area (Å²) in [7, 11) is 0. The second-order valence-electron chi connectivity index (χ2n) is 4.58. The summed E-state index contributed by atoms with van der Waals surface area (Å²) in [5, 5.41) is 4.72. The summed E-state index contributed by atoms with van der Waals surface area (Å²) in [6, 6.07) is 14.2. The van der Waals surface area contributed by atoms with Gasteiger partial charge in [0.05, 0.1) is 0 Å². The van der Waals surface area contributed by atoms with Crippen molar-refractivity contribution >= 4 is 22.6 Å². The number of para-hydroxylation sites is 1. The molecule has 1 aromatic heterocycles. The zero-order valence-electron chi connectivity index (χ0n) is 10.7. The molecule has 2 nitrogen and oxygen atoms in total. The lowest BCUT2D eigenvalue weighted by Gasteiger charge is -2.04. The highest BCUT2D eigenvalue weighted by Crippen LogP contribution is 2.29. The van der Waals surface area contributed by atoms with E-state index in [4.69, 9.17) is 16.0 Å². The average molecular weight is 290 g/mol. The van der Waals surface area contributed by atoms with Gasteiger partial charge < -0.3 is 9.73 Å². The van der Waals surface area contributed by atoms with Crippen LogP contribution in [0.3, 0.4) is 0 Å². The molecule has 0 aliphatic rings. The van der Waals surface area contributed by atoms with Gasteiger partial charge in [-0.15, -0.1) is 0 Å². The standard InChI is InChI=1S/C16H13ClFNO/c17-16-14(13-3-1-2-4-15(13)20-16)10-19-9-11-5-7-12(18)8-6-11/h1-8,19H,9-10H2. The number of halogens is 2. The maximum atomic E-state index is 12.8. The largest absolute Gasteiger partial charge is 0.444 e. The summed E-state index contributed by atoms with van der Waals surface area (Å²) in [6.45, 7) is 1.25. The van der Waals surface area contributed by atoms with Crippen LogP contribution in [0.4, 0.5) is 4.39 Å². The Morgan fingerprint density at radius 2 is 1.75 bits per heavy atom. The molecule has 0 saturated heterocycles.